The quantitative estimate of drug-likeness (QED) is 0.665. The summed E-state index contributed by atoms with van der Waals surface area (Å²) in [6, 6.07) is 8.58. The maximum atomic E-state index is 11.1. The molecule has 0 aromatic heterocycles. The number of sulfonamides is 1. The molecule has 0 heterocycles. The lowest BCUT2D eigenvalue weighted by atomic mass is 10.4. The minimum absolute atomic E-state index is 0.214. The lowest BCUT2D eigenvalue weighted by Crippen LogP contribution is -2.39. The van der Waals surface area contributed by atoms with Crippen LogP contribution in [-0.2, 0) is 19.6 Å². The third kappa shape index (κ3) is 8.68. The number of rotatable bonds is 5. The summed E-state index contributed by atoms with van der Waals surface area (Å²) in [4.78, 5) is 10.8. The van der Waals surface area contributed by atoms with Crippen molar-refractivity contribution in [3.05, 3.63) is 48.0 Å². The number of methoxy groups -OCH3 is 1. The number of carbonyl (C=O) groups is 1. The standard InChI is InChI=1S/C7H13NO4S.C6H5Cl/c1-4-5-13(10,11)8-6(2)7(9)12-3;7-6-4-2-1-3-5-6/h4,6,8H,1,5H2,2-3H3;1-5H. The van der Waals surface area contributed by atoms with Crippen molar-refractivity contribution >= 4 is 27.6 Å². The molecule has 0 saturated carbocycles. The largest absolute Gasteiger partial charge is 0.468 e. The van der Waals surface area contributed by atoms with Crippen LogP contribution in [0.15, 0.2) is 43.0 Å². The van der Waals surface area contributed by atoms with Gasteiger partial charge in [-0.25, -0.2) is 13.1 Å². The van der Waals surface area contributed by atoms with Crippen LogP contribution in [-0.4, -0.2) is 33.3 Å². The smallest absolute Gasteiger partial charge is 0.323 e. The highest BCUT2D eigenvalue weighted by Crippen LogP contribution is 2.03. The van der Waals surface area contributed by atoms with E-state index in [0.717, 1.165) is 5.02 Å². The molecule has 0 radical (unpaired) electrons. The van der Waals surface area contributed by atoms with Gasteiger partial charge in [-0.2, -0.15) is 0 Å². The summed E-state index contributed by atoms with van der Waals surface area (Å²) in [6.45, 7) is 4.69. The number of carbonyl (C=O) groups excluding carboxylic acids is 1. The molecular weight excluding hydrogens is 302 g/mol. The summed E-state index contributed by atoms with van der Waals surface area (Å²) in [6.07, 6.45) is 1.24. The van der Waals surface area contributed by atoms with E-state index in [0.29, 0.717) is 0 Å². The summed E-state index contributed by atoms with van der Waals surface area (Å²) < 4.78 is 28.6. The van der Waals surface area contributed by atoms with Crippen molar-refractivity contribution in [3.8, 4) is 0 Å². The third-order valence-corrected chi connectivity index (χ3v) is 3.62. The first-order valence-corrected chi connectivity index (χ1v) is 7.74. The van der Waals surface area contributed by atoms with Crippen LogP contribution in [0.1, 0.15) is 6.92 Å². The molecule has 0 aliphatic rings. The van der Waals surface area contributed by atoms with Gasteiger partial charge in [0, 0.05) is 5.02 Å². The highest BCUT2D eigenvalue weighted by atomic mass is 35.5. The second kappa shape index (κ2) is 9.52. The van der Waals surface area contributed by atoms with Gasteiger partial charge in [0.2, 0.25) is 10.0 Å². The number of ether oxygens (including phenoxy) is 1. The van der Waals surface area contributed by atoms with Gasteiger partial charge in [0.05, 0.1) is 12.9 Å². The zero-order valence-electron chi connectivity index (χ0n) is 11.4. The molecule has 0 saturated heterocycles. The fourth-order valence-corrected chi connectivity index (χ4v) is 2.30. The molecule has 1 N–H and O–H groups in total. The Bertz CT molecular complexity index is 516. The predicted octanol–water partition coefficient (Wildman–Crippen LogP) is 1.99. The maximum Gasteiger partial charge on any atom is 0.323 e. The Morgan fingerprint density at radius 2 is 2.00 bits per heavy atom. The predicted molar refractivity (Wildman–Crippen MR) is 80.0 cm³/mol. The van der Waals surface area contributed by atoms with E-state index in [1.165, 1.54) is 20.1 Å². The van der Waals surface area contributed by atoms with Gasteiger partial charge in [0.15, 0.2) is 0 Å². The Hall–Kier alpha value is -1.37. The molecule has 0 bridgehead atoms. The summed E-state index contributed by atoms with van der Waals surface area (Å²) >= 11 is 5.54. The number of nitrogens with one attached hydrogen (secondary N) is 1. The van der Waals surface area contributed by atoms with Gasteiger partial charge in [-0.3, -0.25) is 4.79 Å². The Morgan fingerprint density at radius 3 is 2.35 bits per heavy atom. The van der Waals surface area contributed by atoms with Crippen molar-refractivity contribution in [1.82, 2.24) is 4.72 Å². The molecule has 1 aromatic carbocycles. The van der Waals surface area contributed by atoms with E-state index in [4.69, 9.17) is 11.6 Å². The first kappa shape index (κ1) is 18.6. The van der Waals surface area contributed by atoms with Crippen LogP contribution < -0.4 is 4.72 Å². The summed E-state index contributed by atoms with van der Waals surface area (Å²) in [5.74, 6) is -0.832. The van der Waals surface area contributed by atoms with Crippen molar-refractivity contribution in [3.63, 3.8) is 0 Å². The van der Waals surface area contributed by atoms with Crippen LogP contribution in [0.25, 0.3) is 0 Å². The van der Waals surface area contributed by atoms with E-state index in [9.17, 15) is 13.2 Å². The molecule has 0 fully saturated rings. The minimum Gasteiger partial charge on any atom is -0.468 e. The zero-order chi connectivity index (χ0) is 15.6. The van der Waals surface area contributed by atoms with E-state index >= 15 is 0 Å². The molecule has 0 aliphatic heterocycles. The topological polar surface area (TPSA) is 72.5 Å². The SMILES string of the molecule is C=CCS(=O)(=O)NC(C)C(=O)OC.Clc1ccccc1. The fourth-order valence-electron chi connectivity index (χ4n) is 1.11. The maximum absolute atomic E-state index is 11.1. The van der Waals surface area contributed by atoms with E-state index < -0.39 is 22.0 Å². The second-order valence-electron chi connectivity index (χ2n) is 3.73. The Kier molecular flexibility index (Phi) is 8.87. The molecule has 5 nitrogen and oxygen atoms in total. The first-order valence-electron chi connectivity index (χ1n) is 5.71. The number of benzene rings is 1. The van der Waals surface area contributed by atoms with Gasteiger partial charge in [-0.15, -0.1) is 6.58 Å². The van der Waals surface area contributed by atoms with Crippen LogP contribution in [0.3, 0.4) is 0 Å². The first-order chi connectivity index (χ1) is 9.32. The summed E-state index contributed by atoms with van der Waals surface area (Å²) in [7, 11) is -2.26. The number of hydrogen-bond donors (Lipinski definition) is 1. The van der Waals surface area contributed by atoms with Gasteiger partial charge in [-0.1, -0.05) is 35.9 Å². The lowest BCUT2D eigenvalue weighted by molar-refractivity contribution is -0.142. The molecule has 112 valence electrons. The van der Waals surface area contributed by atoms with Crippen LogP contribution >= 0.6 is 11.6 Å². The molecule has 7 heteroatoms. The van der Waals surface area contributed by atoms with Crippen molar-refractivity contribution < 1.29 is 17.9 Å². The third-order valence-electron chi connectivity index (χ3n) is 1.98. The molecule has 0 amide bonds. The van der Waals surface area contributed by atoms with Gasteiger partial charge in [0.1, 0.15) is 6.04 Å². The van der Waals surface area contributed by atoms with Crippen LogP contribution in [0.4, 0.5) is 0 Å². The average molecular weight is 320 g/mol. The average Bonchev–Trinajstić information content (AvgIpc) is 2.38. The Balaban J connectivity index is 0.000000428. The normalized spacial score (nSPS) is 11.8. The number of esters is 1. The fraction of sp³-hybridized carbons (Fsp3) is 0.308. The monoisotopic (exact) mass is 319 g/mol. The molecule has 20 heavy (non-hydrogen) atoms. The molecule has 1 unspecified atom stereocenters. The number of hydrogen-bond acceptors (Lipinski definition) is 4. The van der Waals surface area contributed by atoms with E-state index in [2.05, 4.69) is 16.0 Å². The van der Waals surface area contributed by atoms with E-state index in [-0.39, 0.29) is 5.75 Å². The lowest BCUT2D eigenvalue weighted by Gasteiger charge is -2.10. The number of halogens is 1. The van der Waals surface area contributed by atoms with Crippen LogP contribution in [0, 0.1) is 0 Å². The van der Waals surface area contributed by atoms with Gasteiger partial charge >= 0.3 is 5.97 Å². The van der Waals surface area contributed by atoms with E-state index in [1.54, 1.807) is 0 Å². The Labute approximate surface area is 124 Å². The highest BCUT2D eigenvalue weighted by Gasteiger charge is 2.19. The molecule has 0 aliphatic carbocycles. The highest BCUT2D eigenvalue weighted by molar-refractivity contribution is 7.89. The van der Waals surface area contributed by atoms with Crippen LogP contribution in [0.2, 0.25) is 5.02 Å². The van der Waals surface area contributed by atoms with Crippen molar-refractivity contribution in [2.45, 2.75) is 13.0 Å². The molecule has 0 spiro atoms. The van der Waals surface area contributed by atoms with Crippen LogP contribution in [0.5, 0.6) is 0 Å². The molecule has 1 aromatic rings. The summed E-state index contributed by atoms with van der Waals surface area (Å²) in [5.41, 5.74) is 0. The molecule has 1 atom stereocenters. The minimum atomic E-state index is -3.45. The molecule has 1 rings (SSSR count). The van der Waals surface area contributed by atoms with Gasteiger partial charge in [0.25, 0.3) is 0 Å². The van der Waals surface area contributed by atoms with Crippen molar-refractivity contribution in [2.75, 3.05) is 12.9 Å². The second-order valence-corrected chi connectivity index (χ2v) is 5.96. The van der Waals surface area contributed by atoms with Gasteiger partial charge < -0.3 is 4.74 Å². The Morgan fingerprint density at radius 1 is 1.45 bits per heavy atom. The van der Waals surface area contributed by atoms with Crippen molar-refractivity contribution in [1.29, 1.82) is 0 Å². The van der Waals surface area contributed by atoms with Crippen molar-refractivity contribution in [2.24, 2.45) is 0 Å². The summed E-state index contributed by atoms with van der Waals surface area (Å²) in [5, 5.41) is 0.794. The zero-order valence-corrected chi connectivity index (χ0v) is 12.9. The van der Waals surface area contributed by atoms with Gasteiger partial charge in [-0.05, 0) is 19.1 Å². The van der Waals surface area contributed by atoms with E-state index in [1.807, 2.05) is 30.3 Å². The molecular formula is C13H18ClNO4S.